The minimum absolute atomic E-state index is 0.0811. The highest BCUT2D eigenvalue weighted by atomic mass is 35.5. The summed E-state index contributed by atoms with van der Waals surface area (Å²) in [4.78, 5) is 2.43. The van der Waals surface area contributed by atoms with E-state index in [1.807, 2.05) is 18.2 Å². The number of hydrogen-bond donors (Lipinski definition) is 1. The van der Waals surface area contributed by atoms with E-state index < -0.39 is 0 Å². The molecule has 2 unspecified atom stereocenters. The Balaban J connectivity index is 1.82. The lowest BCUT2D eigenvalue weighted by Crippen LogP contribution is -2.33. The summed E-state index contributed by atoms with van der Waals surface area (Å²) in [6, 6.07) is 8.65. The molecular formula is C15H23ClN2. The molecule has 0 saturated heterocycles. The molecule has 0 radical (unpaired) electrons. The molecule has 2 N–H and O–H groups in total. The average molecular weight is 267 g/mol. The second-order valence-electron chi connectivity index (χ2n) is 5.51. The highest BCUT2D eigenvalue weighted by Gasteiger charge is 2.30. The lowest BCUT2D eigenvalue weighted by Gasteiger charge is -2.26. The average Bonchev–Trinajstić information content (AvgIpc) is 3.18. The topological polar surface area (TPSA) is 29.3 Å². The van der Waals surface area contributed by atoms with E-state index in [4.69, 9.17) is 17.3 Å². The van der Waals surface area contributed by atoms with Crippen molar-refractivity contribution in [3.05, 3.63) is 34.9 Å². The van der Waals surface area contributed by atoms with Gasteiger partial charge in [-0.1, -0.05) is 23.7 Å². The van der Waals surface area contributed by atoms with Crippen LogP contribution in [-0.4, -0.2) is 24.5 Å². The highest BCUT2D eigenvalue weighted by molar-refractivity contribution is 6.30. The summed E-state index contributed by atoms with van der Waals surface area (Å²) in [6.07, 6.45) is 3.77. The number of nitrogens with two attached hydrogens (primary N) is 1. The van der Waals surface area contributed by atoms with Gasteiger partial charge in [-0.25, -0.2) is 0 Å². The fourth-order valence-electron chi connectivity index (χ4n) is 2.39. The molecule has 3 heteroatoms. The molecule has 0 aromatic heterocycles. The van der Waals surface area contributed by atoms with Crippen molar-refractivity contribution in [2.75, 3.05) is 13.6 Å². The van der Waals surface area contributed by atoms with Crippen LogP contribution in [-0.2, 0) is 0 Å². The number of nitrogens with zero attached hydrogens (tertiary/aromatic N) is 1. The van der Waals surface area contributed by atoms with Crippen molar-refractivity contribution < 1.29 is 0 Å². The number of benzene rings is 1. The van der Waals surface area contributed by atoms with E-state index >= 15 is 0 Å². The van der Waals surface area contributed by atoms with E-state index in [1.54, 1.807) is 0 Å². The minimum Gasteiger partial charge on any atom is -0.324 e. The zero-order valence-electron chi connectivity index (χ0n) is 11.3. The van der Waals surface area contributed by atoms with Gasteiger partial charge in [0, 0.05) is 17.1 Å². The van der Waals surface area contributed by atoms with E-state index in [1.165, 1.54) is 12.8 Å². The quantitative estimate of drug-likeness (QED) is 0.854. The fourth-order valence-corrected chi connectivity index (χ4v) is 2.59. The third-order valence-corrected chi connectivity index (χ3v) is 4.30. The monoisotopic (exact) mass is 266 g/mol. The predicted molar refractivity (Wildman–Crippen MR) is 77.8 cm³/mol. The van der Waals surface area contributed by atoms with Crippen molar-refractivity contribution in [2.45, 2.75) is 38.3 Å². The van der Waals surface area contributed by atoms with E-state index in [0.717, 1.165) is 29.5 Å². The molecule has 2 rings (SSSR count). The van der Waals surface area contributed by atoms with Gasteiger partial charge in [0.05, 0.1) is 0 Å². The minimum atomic E-state index is 0.0811. The zero-order valence-corrected chi connectivity index (χ0v) is 12.0. The van der Waals surface area contributed by atoms with Crippen LogP contribution < -0.4 is 5.73 Å². The van der Waals surface area contributed by atoms with Gasteiger partial charge < -0.3 is 10.6 Å². The van der Waals surface area contributed by atoms with E-state index in [2.05, 4.69) is 24.9 Å². The molecule has 0 amide bonds. The molecule has 1 aliphatic rings. The van der Waals surface area contributed by atoms with Crippen molar-refractivity contribution in [3.8, 4) is 0 Å². The molecule has 0 heterocycles. The first kappa shape index (κ1) is 13.9. The third kappa shape index (κ3) is 3.71. The van der Waals surface area contributed by atoms with Crippen LogP contribution in [0, 0.1) is 5.92 Å². The van der Waals surface area contributed by atoms with Crippen molar-refractivity contribution >= 4 is 11.6 Å². The maximum atomic E-state index is 6.22. The zero-order chi connectivity index (χ0) is 13.1. The summed E-state index contributed by atoms with van der Waals surface area (Å²) in [7, 11) is 2.20. The van der Waals surface area contributed by atoms with Crippen LogP contribution in [0.1, 0.15) is 37.8 Å². The molecule has 0 spiro atoms. The van der Waals surface area contributed by atoms with Gasteiger partial charge in [-0.15, -0.1) is 0 Å². The molecule has 1 fully saturated rings. The van der Waals surface area contributed by atoms with Crippen LogP contribution in [0.2, 0.25) is 5.02 Å². The van der Waals surface area contributed by atoms with Crippen LogP contribution in [0.4, 0.5) is 0 Å². The molecule has 18 heavy (non-hydrogen) atoms. The van der Waals surface area contributed by atoms with Crippen molar-refractivity contribution in [1.29, 1.82) is 0 Å². The number of hydrogen-bond acceptors (Lipinski definition) is 2. The molecule has 100 valence electrons. The first-order valence-corrected chi connectivity index (χ1v) is 7.17. The highest BCUT2D eigenvalue weighted by Crippen LogP contribution is 2.34. The Labute approximate surface area is 115 Å². The van der Waals surface area contributed by atoms with Crippen LogP contribution in [0.3, 0.4) is 0 Å². The number of rotatable bonds is 6. The Morgan fingerprint density at radius 2 is 2.17 bits per heavy atom. The first-order chi connectivity index (χ1) is 8.58. The maximum Gasteiger partial charge on any atom is 0.0409 e. The van der Waals surface area contributed by atoms with Gasteiger partial charge in [0.15, 0.2) is 0 Å². The second-order valence-corrected chi connectivity index (χ2v) is 5.95. The molecule has 1 aromatic carbocycles. The van der Waals surface area contributed by atoms with Gasteiger partial charge in [-0.2, -0.15) is 0 Å². The Kier molecular flexibility index (Phi) is 4.66. The predicted octanol–water partition coefficient (Wildman–Crippen LogP) is 3.46. The molecule has 0 bridgehead atoms. The van der Waals surface area contributed by atoms with Crippen molar-refractivity contribution in [2.24, 2.45) is 11.7 Å². The Bertz CT molecular complexity index is 390. The van der Waals surface area contributed by atoms with E-state index in [-0.39, 0.29) is 6.04 Å². The summed E-state index contributed by atoms with van der Waals surface area (Å²) in [5.41, 5.74) is 7.35. The molecule has 1 aliphatic carbocycles. The van der Waals surface area contributed by atoms with Crippen LogP contribution in [0.5, 0.6) is 0 Å². The normalized spacial score (nSPS) is 18.9. The Hall–Kier alpha value is -0.570. The van der Waals surface area contributed by atoms with Crippen LogP contribution in [0.15, 0.2) is 24.3 Å². The van der Waals surface area contributed by atoms with E-state index in [9.17, 15) is 0 Å². The lowest BCUT2D eigenvalue weighted by atomic mass is 10.0. The molecule has 0 aliphatic heterocycles. The molecule has 1 saturated carbocycles. The smallest absolute Gasteiger partial charge is 0.0409 e. The SMILES string of the molecule is CC(C1CC1)N(C)CCC(N)c1cccc(Cl)c1. The third-order valence-electron chi connectivity index (χ3n) is 4.07. The van der Waals surface area contributed by atoms with Gasteiger partial charge >= 0.3 is 0 Å². The molecule has 2 nitrogen and oxygen atoms in total. The van der Waals surface area contributed by atoms with Crippen molar-refractivity contribution in [3.63, 3.8) is 0 Å². The number of halogens is 1. The molecular weight excluding hydrogens is 244 g/mol. The van der Waals surface area contributed by atoms with Gasteiger partial charge in [0.2, 0.25) is 0 Å². The van der Waals surface area contributed by atoms with Gasteiger partial charge in [-0.05, 0) is 63.4 Å². The maximum absolute atomic E-state index is 6.22. The van der Waals surface area contributed by atoms with Gasteiger partial charge in [0.25, 0.3) is 0 Å². The Morgan fingerprint density at radius 3 is 2.78 bits per heavy atom. The fraction of sp³-hybridized carbons (Fsp3) is 0.600. The first-order valence-electron chi connectivity index (χ1n) is 6.79. The summed E-state index contributed by atoms with van der Waals surface area (Å²) >= 11 is 5.99. The molecule has 1 aromatic rings. The summed E-state index contributed by atoms with van der Waals surface area (Å²) in [5.74, 6) is 0.914. The van der Waals surface area contributed by atoms with Crippen LogP contribution >= 0.6 is 11.6 Å². The summed E-state index contributed by atoms with van der Waals surface area (Å²) in [5, 5.41) is 0.766. The molecule has 2 atom stereocenters. The lowest BCUT2D eigenvalue weighted by molar-refractivity contribution is 0.226. The summed E-state index contributed by atoms with van der Waals surface area (Å²) in [6.45, 7) is 3.37. The largest absolute Gasteiger partial charge is 0.324 e. The van der Waals surface area contributed by atoms with Gasteiger partial charge in [0.1, 0.15) is 0 Å². The van der Waals surface area contributed by atoms with Gasteiger partial charge in [-0.3, -0.25) is 0 Å². The standard InChI is InChI=1S/C15H23ClN2/c1-11(12-6-7-12)18(2)9-8-15(17)13-4-3-5-14(16)10-13/h3-5,10-12,15H,6-9,17H2,1-2H3. The van der Waals surface area contributed by atoms with Crippen LogP contribution in [0.25, 0.3) is 0 Å². The van der Waals surface area contributed by atoms with Crippen molar-refractivity contribution in [1.82, 2.24) is 4.90 Å². The van der Waals surface area contributed by atoms with E-state index in [0.29, 0.717) is 6.04 Å². The summed E-state index contributed by atoms with van der Waals surface area (Å²) < 4.78 is 0. The second kappa shape index (κ2) is 6.05. The Morgan fingerprint density at radius 1 is 1.44 bits per heavy atom.